The fourth-order valence-electron chi connectivity index (χ4n) is 1.80. The van der Waals surface area contributed by atoms with E-state index in [-0.39, 0.29) is 0 Å². The van der Waals surface area contributed by atoms with Crippen molar-refractivity contribution in [3.63, 3.8) is 0 Å². The first kappa shape index (κ1) is 11.4. The van der Waals surface area contributed by atoms with Gasteiger partial charge in [-0.05, 0) is 47.7 Å². The van der Waals surface area contributed by atoms with Gasteiger partial charge in [-0.15, -0.1) is 11.3 Å². The molecular formula is C14H17NS. The fraction of sp³-hybridized carbons (Fsp3) is 0.286. The quantitative estimate of drug-likeness (QED) is 0.843. The Kier molecular flexibility index (Phi) is 3.75. The first-order valence-electron chi connectivity index (χ1n) is 5.65. The van der Waals surface area contributed by atoms with Crippen LogP contribution in [0.5, 0.6) is 0 Å². The van der Waals surface area contributed by atoms with Crippen LogP contribution in [0.15, 0.2) is 35.7 Å². The number of aryl methyl sites for hydroxylation is 1. The van der Waals surface area contributed by atoms with Crippen molar-refractivity contribution in [1.82, 2.24) is 5.32 Å². The predicted molar refractivity (Wildman–Crippen MR) is 71.9 cm³/mol. The molecule has 1 heterocycles. The van der Waals surface area contributed by atoms with E-state index in [1.165, 1.54) is 21.6 Å². The highest BCUT2D eigenvalue weighted by molar-refractivity contribution is 7.10. The topological polar surface area (TPSA) is 12.0 Å². The number of thiophene rings is 1. The molecule has 2 aromatic rings. The third-order valence-electron chi connectivity index (χ3n) is 2.68. The molecule has 0 saturated carbocycles. The Balaban J connectivity index is 2.26. The minimum Gasteiger partial charge on any atom is -0.313 e. The van der Waals surface area contributed by atoms with Crippen molar-refractivity contribution in [2.24, 2.45) is 0 Å². The molecule has 0 aliphatic heterocycles. The van der Waals surface area contributed by atoms with E-state index in [1.807, 2.05) is 11.3 Å². The fourth-order valence-corrected chi connectivity index (χ4v) is 2.52. The summed E-state index contributed by atoms with van der Waals surface area (Å²) >= 11 is 1.81. The zero-order valence-corrected chi connectivity index (χ0v) is 10.6. The Hall–Kier alpha value is -1.12. The molecule has 1 aromatic carbocycles. The van der Waals surface area contributed by atoms with Gasteiger partial charge in [-0.2, -0.15) is 0 Å². The van der Waals surface area contributed by atoms with Crippen molar-refractivity contribution in [2.75, 3.05) is 6.54 Å². The number of hydrogen-bond acceptors (Lipinski definition) is 2. The van der Waals surface area contributed by atoms with Crippen LogP contribution in [0, 0.1) is 6.92 Å². The molecule has 2 heteroatoms. The third-order valence-corrected chi connectivity index (χ3v) is 3.52. The molecule has 0 aliphatic rings. The van der Waals surface area contributed by atoms with E-state index in [1.54, 1.807) is 0 Å². The minimum absolute atomic E-state index is 0.952. The van der Waals surface area contributed by atoms with Gasteiger partial charge in [-0.3, -0.25) is 0 Å². The lowest BCUT2D eigenvalue weighted by Crippen LogP contribution is -2.11. The number of hydrogen-bond donors (Lipinski definition) is 1. The van der Waals surface area contributed by atoms with E-state index in [4.69, 9.17) is 0 Å². The Morgan fingerprint density at radius 2 is 2.12 bits per heavy atom. The Bertz CT molecular complexity index is 459. The van der Waals surface area contributed by atoms with E-state index >= 15 is 0 Å². The van der Waals surface area contributed by atoms with E-state index in [9.17, 15) is 0 Å². The van der Waals surface area contributed by atoms with E-state index in [0.29, 0.717) is 0 Å². The summed E-state index contributed by atoms with van der Waals surface area (Å²) in [6, 6.07) is 11.0. The van der Waals surface area contributed by atoms with Crippen LogP contribution in [0.2, 0.25) is 0 Å². The molecule has 0 bridgehead atoms. The SMILES string of the molecule is CCNCc1cccc(-c2ccsc2C)c1. The number of benzene rings is 1. The highest BCUT2D eigenvalue weighted by Crippen LogP contribution is 2.27. The summed E-state index contributed by atoms with van der Waals surface area (Å²) in [7, 11) is 0. The number of nitrogens with one attached hydrogen (secondary N) is 1. The van der Waals surface area contributed by atoms with Crippen LogP contribution < -0.4 is 5.32 Å². The summed E-state index contributed by atoms with van der Waals surface area (Å²) in [4.78, 5) is 1.39. The highest BCUT2D eigenvalue weighted by atomic mass is 32.1. The van der Waals surface area contributed by atoms with Gasteiger partial charge in [0.15, 0.2) is 0 Å². The predicted octanol–water partition coefficient (Wildman–Crippen LogP) is 3.83. The second kappa shape index (κ2) is 5.28. The maximum atomic E-state index is 3.35. The first-order chi connectivity index (χ1) is 7.81. The van der Waals surface area contributed by atoms with Crippen LogP contribution in [0.1, 0.15) is 17.4 Å². The molecule has 1 aromatic heterocycles. The standard InChI is InChI=1S/C14H17NS/c1-3-15-10-12-5-4-6-13(9-12)14-7-8-16-11(14)2/h4-9,15H,3,10H2,1-2H3. The van der Waals surface area contributed by atoms with Crippen LogP contribution in [0.4, 0.5) is 0 Å². The lowest BCUT2D eigenvalue weighted by molar-refractivity contribution is 0.727. The average Bonchev–Trinajstić information content (AvgIpc) is 2.73. The zero-order chi connectivity index (χ0) is 11.4. The van der Waals surface area contributed by atoms with Gasteiger partial charge in [-0.1, -0.05) is 25.1 Å². The normalized spacial score (nSPS) is 10.6. The van der Waals surface area contributed by atoms with Crippen LogP contribution >= 0.6 is 11.3 Å². The summed E-state index contributed by atoms with van der Waals surface area (Å²) in [5.74, 6) is 0. The lowest BCUT2D eigenvalue weighted by atomic mass is 10.0. The Labute approximate surface area is 101 Å². The largest absolute Gasteiger partial charge is 0.313 e. The first-order valence-corrected chi connectivity index (χ1v) is 6.53. The summed E-state index contributed by atoms with van der Waals surface area (Å²) in [5.41, 5.74) is 4.04. The monoisotopic (exact) mass is 231 g/mol. The second-order valence-corrected chi connectivity index (χ2v) is 4.99. The van der Waals surface area contributed by atoms with Crippen molar-refractivity contribution in [3.8, 4) is 11.1 Å². The molecule has 0 amide bonds. The van der Waals surface area contributed by atoms with Crippen molar-refractivity contribution >= 4 is 11.3 Å². The van der Waals surface area contributed by atoms with Crippen molar-refractivity contribution in [1.29, 1.82) is 0 Å². The molecule has 0 unspecified atom stereocenters. The lowest BCUT2D eigenvalue weighted by Gasteiger charge is -2.05. The summed E-state index contributed by atoms with van der Waals surface area (Å²) < 4.78 is 0. The van der Waals surface area contributed by atoms with Gasteiger partial charge >= 0.3 is 0 Å². The van der Waals surface area contributed by atoms with Gasteiger partial charge in [0.25, 0.3) is 0 Å². The molecule has 16 heavy (non-hydrogen) atoms. The van der Waals surface area contributed by atoms with Crippen molar-refractivity contribution in [3.05, 3.63) is 46.2 Å². The molecule has 2 rings (SSSR count). The summed E-state index contributed by atoms with van der Waals surface area (Å²) in [6.45, 7) is 6.28. The van der Waals surface area contributed by atoms with Gasteiger partial charge < -0.3 is 5.32 Å². The Morgan fingerprint density at radius 1 is 1.25 bits per heavy atom. The van der Waals surface area contributed by atoms with Crippen LogP contribution in [-0.4, -0.2) is 6.54 Å². The number of rotatable bonds is 4. The van der Waals surface area contributed by atoms with Crippen molar-refractivity contribution < 1.29 is 0 Å². The molecule has 1 N–H and O–H groups in total. The minimum atomic E-state index is 0.952. The van der Waals surface area contributed by atoms with E-state index in [0.717, 1.165) is 13.1 Å². The van der Waals surface area contributed by atoms with E-state index in [2.05, 4.69) is 54.9 Å². The Morgan fingerprint density at radius 3 is 2.81 bits per heavy atom. The van der Waals surface area contributed by atoms with Gasteiger partial charge in [-0.25, -0.2) is 0 Å². The summed E-state index contributed by atoms with van der Waals surface area (Å²) in [6.07, 6.45) is 0. The molecule has 0 spiro atoms. The van der Waals surface area contributed by atoms with Crippen LogP contribution in [0.25, 0.3) is 11.1 Å². The molecule has 0 saturated heterocycles. The highest BCUT2D eigenvalue weighted by Gasteiger charge is 2.03. The van der Waals surface area contributed by atoms with Crippen LogP contribution in [0.3, 0.4) is 0 Å². The molecule has 0 radical (unpaired) electrons. The third kappa shape index (κ3) is 2.52. The van der Waals surface area contributed by atoms with Gasteiger partial charge in [0.2, 0.25) is 0 Å². The molecule has 0 atom stereocenters. The van der Waals surface area contributed by atoms with Gasteiger partial charge in [0, 0.05) is 11.4 Å². The molecular weight excluding hydrogens is 214 g/mol. The molecule has 0 fully saturated rings. The molecule has 0 aliphatic carbocycles. The average molecular weight is 231 g/mol. The van der Waals surface area contributed by atoms with E-state index < -0.39 is 0 Å². The zero-order valence-electron chi connectivity index (χ0n) is 9.79. The smallest absolute Gasteiger partial charge is 0.0205 e. The second-order valence-electron chi connectivity index (χ2n) is 3.87. The van der Waals surface area contributed by atoms with Crippen molar-refractivity contribution in [2.45, 2.75) is 20.4 Å². The maximum absolute atomic E-state index is 3.35. The summed E-state index contributed by atoms with van der Waals surface area (Å²) in [5, 5.41) is 5.51. The van der Waals surface area contributed by atoms with Crippen LogP contribution in [-0.2, 0) is 6.54 Å². The maximum Gasteiger partial charge on any atom is 0.0205 e. The van der Waals surface area contributed by atoms with Gasteiger partial charge in [0.05, 0.1) is 0 Å². The molecule has 1 nitrogen and oxygen atoms in total. The molecule has 84 valence electrons. The van der Waals surface area contributed by atoms with Gasteiger partial charge in [0.1, 0.15) is 0 Å².